The number of hydrogen-bond acceptors (Lipinski definition) is 0. The van der Waals surface area contributed by atoms with Crippen LogP contribution in [0.5, 0.6) is 0 Å². The Morgan fingerprint density at radius 2 is 0.500 bits per heavy atom. The summed E-state index contributed by atoms with van der Waals surface area (Å²) >= 11 is 0. The van der Waals surface area contributed by atoms with Crippen LogP contribution in [0.15, 0.2) is 0 Å². The van der Waals surface area contributed by atoms with Crippen molar-refractivity contribution in [3.63, 3.8) is 0 Å². The van der Waals surface area contributed by atoms with Crippen LogP contribution < -0.4 is 0 Å². The molecule has 0 aromatic heterocycles. The fourth-order valence-corrected chi connectivity index (χ4v) is 9.99. The molecular weight excluding hydrogens is 454 g/mol. The van der Waals surface area contributed by atoms with Crippen LogP contribution in [0.1, 0.15) is 156 Å². The fourth-order valence-electron chi connectivity index (χ4n) is 4.79. The first-order valence-corrected chi connectivity index (χ1v) is 16.6. The van der Waals surface area contributed by atoms with E-state index in [0.717, 1.165) is 0 Å². The topological polar surface area (TPSA) is 0 Å². The van der Waals surface area contributed by atoms with Gasteiger partial charge < -0.3 is 0 Å². The van der Waals surface area contributed by atoms with E-state index in [1.807, 2.05) is 0 Å². The van der Waals surface area contributed by atoms with E-state index < -0.39 is 7.26 Å². The van der Waals surface area contributed by atoms with Gasteiger partial charge in [0, 0.05) is 15.7 Å². The summed E-state index contributed by atoms with van der Waals surface area (Å²) in [5, 5.41) is 0. The van der Waals surface area contributed by atoms with Crippen molar-refractivity contribution in [1.29, 1.82) is 0 Å². The molecule has 0 fully saturated rings. The highest BCUT2D eigenvalue weighted by atomic mass is 31.2. The van der Waals surface area contributed by atoms with E-state index in [1.165, 1.54) is 122 Å². The molecule has 0 saturated carbocycles. The van der Waals surface area contributed by atoms with E-state index in [0.29, 0.717) is 0 Å². The van der Waals surface area contributed by atoms with Crippen molar-refractivity contribution < 1.29 is 18.8 Å². The van der Waals surface area contributed by atoms with Gasteiger partial charge in [-0.2, -0.15) is 0 Å². The fraction of sp³-hybridized carbons (Fsp3) is 1.00. The van der Waals surface area contributed by atoms with Crippen LogP contribution in [-0.4, -0.2) is 33.1 Å². The molecule has 0 spiro atoms. The first kappa shape index (κ1) is 47.4. The van der Waals surface area contributed by atoms with Crippen LogP contribution >= 0.6 is 7.26 Å². The molecule has 0 bridgehead atoms. The molecule has 34 heavy (non-hydrogen) atoms. The van der Waals surface area contributed by atoms with Crippen molar-refractivity contribution in [2.45, 2.75) is 156 Å². The third kappa shape index (κ3) is 30.2. The Bertz CT molecular complexity index is 301. The second-order valence-corrected chi connectivity index (χ2v) is 14.4. The maximum atomic E-state index is 2.39. The maximum absolute atomic E-state index is 2.39. The number of unbranched alkanes of at least 4 members (excludes halogenated alkanes) is 16. The van der Waals surface area contributed by atoms with Crippen molar-refractivity contribution in [2.75, 3.05) is 24.6 Å². The molecule has 0 saturated heterocycles. The molecule has 0 unspecified atom stereocenters. The average Bonchev–Trinajstić information content (AvgIpc) is 2.74. The van der Waals surface area contributed by atoms with Crippen molar-refractivity contribution in [3.8, 4) is 0 Å². The van der Waals surface area contributed by atoms with Gasteiger partial charge in [-0.25, -0.2) is 0 Å². The summed E-state index contributed by atoms with van der Waals surface area (Å²) < 4.78 is 0. The van der Waals surface area contributed by atoms with Crippen LogP contribution in [0.3, 0.4) is 0 Å². The smallest absolute Gasteiger partial charge is 0.0594 e. The average molecular weight is 519 g/mol. The number of hydrogen-bond donors (Lipinski definition) is 0. The zero-order valence-corrected chi connectivity index (χ0v) is 24.5. The first-order valence-electron chi connectivity index (χ1n) is 14.1. The van der Waals surface area contributed by atoms with Gasteiger partial charge >= 0.3 is 0 Å². The van der Waals surface area contributed by atoms with Gasteiger partial charge in [0.1, 0.15) is 0 Å². The Labute approximate surface area is 215 Å². The van der Waals surface area contributed by atoms with E-state index in [2.05, 4.69) is 27.7 Å². The molecule has 0 atom stereocenters. The minimum atomic E-state index is -0.630. The van der Waals surface area contributed by atoms with Gasteiger partial charge in [-0.1, -0.05) is 124 Å². The standard InChI is InChI=1S/C28H60P.B.4FH/c1-5-9-13-14-15-16-17-18-19-20-21-22-23-24-28-29(25-10-6-2,26-11-7-3)27-12-8-4;;;;;/h5-28H2,1-4H3;;4*1H/q+1;;;;;. The van der Waals surface area contributed by atoms with Crippen LogP contribution in [0.25, 0.3) is 0 Å². The summed E-state index contributed by atoms with van der Waals surface area (Å²) in [7, 11) is -0.630. The summed E-state index contributed by atoms with van der Waals surface area (Å²) in [6.07, 6.45) is 36.0. The Hall–Kier alpha value is 0.215. The molecule has 0 nitrogen and oxygen atoms in total. The molecule has 0 rings (SSSR count). The molecule has 0 heterocycles. The molecule has 0 aromatic carbocycles. The van der Waals surface area contributed by atoms with Gasteiger partial charge in [-0.3, -0.25) is 18.8 Å². The molecular formula is C28H64BF4P+. The molecule has 211 valence electrons. The SMILES string of the molecule is CCCCCCCCCCCCCCCC[P+](CCCC)(CCCC)CCCC.F.F.F.F.[B]. The minimum absolute atomic E-state index is 0. The molecule has 0 aromatic rings. The Morgan fingerprint density at radius 3 is 0.765 bits per heavy atom. The van der Waals surface area contributed by atoms with E-state index in [9.17, 15) is 0 Å². The van der Waals surface area contributed by atoms with Gasteiger partial charge in [-0.15, -0.1) is 0 Å². The second kappa shape index (κ2) is 37.8. The Balaban J connectivity index is -0.000000392. The van der Waals surface area contributed by atoms with E-state index in [4.69, 9.17) is 0 Å². The van der Waals surface area contributed by atoms with Crippen molar-refractivity contribution >= 4 is 15.7 Å². The van der Waals surface area contributed by atoms with Gasteiger partial charge in [0.15, 0.2) is 0 Å². The molecule has 0 N–H and O–H groups in total. The molecule has 0 aliphatic heterocycles. The van der Waals surface area contributed by atoms with E-state index in [-0.39, 0.29) is 27.2 Å². The first-order chi connectivity index (χ1) is 14.2. The lowest BCUT2D eigenvalue weighted by molar-refractivity contribution is 0.538. The summed E-state index contributed by atoms with van der Waals surface area (Å²) in [4.78, 5) is 0. The Morgan fingerprint density at radius 1 is 0.294 bits per heavy atom. The minimum Gasteiger partial charge on any atom is -0.269 e. The van der Waals surface area contributed by atoms with Crippen LogP contribution in [0.2, 0.25) is 0 Å². The summed E-state index contributed by atoms with van der Waals surface area (Å²) in [6, 6.07) is 0. The summed E-state index contributed by atoms with van der Waals surface area (Å²) in [5.74, 6) is 0. The van der Waals surface area contributed by atoms with E-state index in [1.54, 1.807) is 31.1 Å². The predicted octanol–water partition coefficient (Wildman–Crippen LogP) is 11.1. The normalized spacial score (nSPS) is 10.2. The van der Waals surface area contributed by atoms with Gasteiger partial charge in [0.2, 0.25) is 0 Å². The molecule has 3 radical (unpaired) electrons. The highest BCUT2D eigenvalue weighted by Crippen LogP contribution is 2.61. The lowest BCUT2D eigenvalue weighted by Crippen LogP contribution is -2.13. The molecule has 0 amide bonds. The maximum Gasteiger partial charge on any atom is 0.0594 e. The summed E-state index contributed by atoms with van der Waals surface area (Å²) in [5.41, 5.74) is 0. The zero-order chi connectivity index (χ0) is 21.5. The van der Waals surface area contributed by atoms with Gasteiger partial charge in [0.05, 0.1) is 24.6 Å². The zero-order valence-electron chi connectivity index (χ0n) is 23.6. The lowest BCUT2D eigenvalue weighted by atomic mass is 10.0. The van der Waals surface area contributed by atoms with Gasteiger partial charge in [0.25, 0.3) is 0 Å². The quantitative estimate of drug-likeness (QED) is 0.0516. The third-order valence-corrected chi connectivity index (χ3v) is 12.0. The highest BCUT2D eigenvalue weighted by Gasteiger charge is 2.34. The van der Waals surface area contributed by atoms with E-state index >= 15 is 0 Å². The predicted molar refractivity (Wildman–Crippen MR) is 157 cm³/mol. The van der Waals surface area contributed by atoms with Crippen molar-refractivity contribution in [3.05, 3.63) is 0 Å². The lowest BCUT2D eigenvalue weighted by Gasteiger charge is -2.28. The highest BCUT2D eigenvalue weighted by molar-refractivity contribution is 7.75. The second-order valence-electron chi connectivity index (χ2n) is 9.89. The largest absolute Gasteiger partial charge is 0.269 e. The van der Waals surface area contributed by atoms with Crippen LogP contribution in [0.4, 0.5) is 18.8 Å². The van der Waals surface area contributed by atoms with Crippen molar-refractivity contribution in [2.24, 2.45) is 0 Å². The Kier molecular flexibility index (Phi) is 52.7. The molecule has 6 heteroatoms. The van der Waals surface area contributed by atoms with Crippen LogP contribution in [0, 0.1) is 0 Å². The molecule has 0 aliphatic rings. The summed E-state index contributed by atoms with van der Waals surface area (Å²) in [6.45, 7) is 9.48. The number of rotatable bonds is 24. The monoisotopic (exact) mass is 518 g/mol. The van der Waals surface area contributed by atoms with Crippen LogP contribution in [-0.2, 0) is 0 Å². The van der Waals surface area contributed by atoms with Gasteiger partial charge in [-0.05, 0) is 32.1 Å². The van der Waals surface area contributed by atoms with Crippen molar-refractivity contribution in [1.82, 2.24) is 0 Å². The molecule has 0 aliphatic carbocycles. The third-order valence-electron chi connectivity index (χ3n) is 6.94. The number of halogens is 4.